The number of primary amides is 2. The molecule has 0 saturated carbocycles. The predicted octanol–water partition coefficient (Wildman–Crippen LogP) is -8.69. The van der Waals surface area contributed by atoms with Gasteiger partial charge < -0.3 is 90.0 Å². The SMILES string of the molecule is CC(O)C(NC(=O)C(Cc1cnc[nH]1)NC(=O)C1CCCN1C(=O)C(NC=O)C(C)O)C(=O)NC(CONC(CCC(N)=O)C(=O)NC(C(=O)NC(CSSCCNC(=O)CN)C(=O)NCC(=O)O)C(C)O)CC(N)=O. The molecule has 34 heteroatoms. The van der Waals surface area contributed by atoms with E-state index in [9.17, 15) is 72.9 Å². The van der Waals surface area contributed by atoms with Crippen LogP contribution in [0.25, 0.3) is 0 Å². The van der Waals surface area contributed by atoms with Crippen LogP contribution in [0.2, 0.25) is 0 Å². The zero-order valence-corrected chi connectivity index (χ0v) is 43.4. The van der Waals surface area contributed by atoms with Crippen molar-refractivity contribution >= 4 is 93.0 Å². The number of likely N-dealkylation sites (tertiary alicyclic amines) is 1. The number of amides is 11. The Hall–Kier alpha value is -6.69. The number of H-pyrrole nitrogens is 1. The number of nitrogens with zero attached hydrogens (tertiary/aromatic N) is 2. The number of carbonyl (C=O) groups is 12. The van der Waals surface area contributed by atoms with Gasteiger partial charge in [-0.25, -0.2) is 4.98 Å². The Kier molecular flexibility index (Phi) is 29.3. The summed E-state index contributed by atoms with van der Waals surface area (Å²) < 4.78 is 0. The van der Waals surface area contributed by atoms with Gasteiger partial charge in [-0.05, 0) is 40.0 Å². The van der Waals surface area contributed by atoms with E-state index in [0.717, 1.165) is 29.5 Å². The van der Waals surface area contributed by atoms with Gasteiger partial charge in [-0.15, -0.1) is 0 Å². The molecular weight excluding hydrogens is 1050 g/mol. The molecule has 2 heterocycles. The number of hydrogen-bond acceptors (Lipinski definition) is 21. The fourth-order valence-electron chi connectivity index (χ4n) is 7.06. The Morgan fingerprint density at radius 3 is 2.00 bits per heavy atom. The summed E-state index contributed by atoms with van der Waals surface area (Å²) >= 11 is 0. The molecule has 0 bridgehead atoms. The standard InChI is InChI=1S/C42H69N15O17S2/c1-20(59)33(55-38(69)26(11-23-14-46-18-49-23)52-39(70)28-5-4-9-57(28)42(73)35(22(3)61)50-19-58)40(71)51-24(12-30(45)63)16-74-56-25(6-7-29(44)62)37(68)54-34(21(2)60)41(72)53-27(36(67)48-15-32(65)66)17-76-75-10-8-47-31(64)13-43/h14,18-22,24-28,33-35,56,59-61H,4-13,15-17,43H2,1-3H3,(H2,44,62)(H2,45,63)(H,46,49)(H,47,64)(H,48,67)(H,50,58)(H,51,71)(H,52,70)(H,53,72)(H,54,68)(H,55,69)(H,65,66). The van der Waals surface area contributed by atoms with E-state index in [1.54, 1.807) is 0 Å². The molecule has 1 aliphatic rings. The molecule has 0 radical (unpaired) electrons. The van der Waals surface area contributed by atoms with E-state index in [4.69, 9.17) is 27.1 Å². The Morgan fingerprint density at radius 2 is 1.45 bits per heavy atom. The average molecular weight is 1120 g/mol. The van der Waals surface area contributed by atoms with Gasteiger partial charge in [-0.3, -0.25) is 62.4 Å². The summed E-state index contributed by atoms with van der Waals surface area (Å²) in [5, 5.41) is 59.4. The van der Waals surface area contributed by atoms with Crippen LogP contribution in [0.4, 0.5) is 0 Å². The first kappa shape index (κ1) is 65.4. The number of carboxylic acids is 1. The lowest BCUT2D eigenvalue weighted by Crippen LogP contribution is -2.61. The molecule has 1 aliphatic heterocycles. The molecule has 0 aromatic carbocycles. The monoisotopic (exact) mass is 1120 g/mol. The van der Waals surface area contributed by atoms with Gasteiger partial charge in [-0.2, -0.15) is 5.48 Å². The number of carbonyl (C=O) groups excluding carboxylic acids is 11. The van der Waals surface area contributed by atoms with Crippen molar-refractivity contribution in [3.63, 3.8) is 0 Å². The molecule has 2 rings (SSSR count). The van der Waals surface area contributed by atoms with Crippen LogP contribution in [0.1, 0.15) is 58.6 Å². The number of aliphatic carboxylic acids is 1. The third kappa shape index (κ3) is 23.5. The third-order valence-corrected chi connectivity index (χ3v) is 13.3. The van der Waals surface area contributed by atoms with Crippen molar-refractivity contribution in [1.82, 2.24) is 62.9 Å². The Bertz CT molecular complexity index is 2140. The van der Waals surface area contributed by atoms with Crippen molar-refractivity contribution in [2.24, 2.45) is 17.2 Å². The number of imidazole rings is 1. The summed E-state index contributed by atoms with van der Waals surface area (Å²) in [5.41, 5.74) is 18.7. The van der Waals surface area contributed by atoms with Gasteiger partial charge in [0.25, 0.3) is 0 Å². The third-order valence-electron chi connectivity index (χ3n) is 10.9. The second-order valence-electron chi connectivity index (χ2n) is 17.2. The zero-order valence-electron chi connectivity index (χ0n) is 41.8. The molecule has 1 aromatic rings. The van der Waals surface area contributed by atoms with Crippen LogP contribution in [-0.2, 0) is 68.8 Å². The number of hydroxylamine groups is 1. The van der Waals surface area contributed by atoms with Gasteiger partial charge in [0, 0.05) is 55.7 Å². The van der Waals surface area contributed by atoms with Gasteiger partial charge in [0.1, 0.15) is 48.8 Å². The van der Waals surface area contributed by atoms with Crippen LogP contribution in [0, 0.1) is 0 Å². The first-order valence-corrected chi connectivity index (χ1v) is 26.1. The van der Waals surface area contributed by atoms with Crippen LogP contribution in [0.15, 0.2) is 12.5 Å². The number of carboxylic acid groups (broad SMARTS) is 1. The number of aromatic amines is 1. The first-order valence-electron chi connectivity index (χ1n) is 23.6. The van der Waals surface area contributed by atoms with Crippen molar-refractivity contribution in [2.75, 3.05) is 44.3 Å². The smallest absolute Gasteiger partial charge is 0.322 e. The van der Waals surface area contributed by atoms with E-state index >= 15 is 0 Å². The number of rotatable bonds is 37. The minimum atomic E-state index is -1.78. The molecule has 20 N–H and O–H groups in total. The predicted molar refractivity (Wildman–Crippen MR) is 267 cm³/mol. The number of aromatic nitrogens is 2. The van der Waals surface area contributed by atoms with Crippen LogP contribution >= 0.6 is 21.6 Å². The Balaban J connectivity index is 2.24. The van der Waals surface area contributed by atoms with Gasteiger partial charge >= 0.3 is 5.97 Å². The van der Waals surface area contributed by atoms with E-state index in [2.05, 4.69) is 58.0 Å². The molecule has 426 valence electrons. The van der Waals surface area contributed by atoms with E-state index in [1.165, 1.54) is 30.2 Å². The fraction of sp³-hybridized carbons (Fsp3) is 0.643. The highest BCUT2D eigenvalue weighted by atomic mass is 33.1. The summed E-state index contributed by atoms with van der Waals surface area (Å²) in [6.45, 7) is 2.14. The largest absolute Gasteiger partial charge is 0.480 e. The maximum Gasteiger partial charge on any atom is 0.322 e. The van der Waals surface area contributed by atoms with E-state index in [-0.39, 0.29) is 44.6 Å². The second kappa shape index (κ2) is 34.1. The average Bonchev–Trinajstić information content (AvgIpc) is 4.07. The van der Waals surface area contributed by atoms with Crippen molar-refractivity contribution < 1.29 is 82.8 Å². The molecule has 11 amide bonds. The Labute approximate surface area is 443 Å². The van der Waals surface area contributed by atoms with E-state index in [0.29, 0.717) is 17.9 Å². The highest BCUT2D eigenvalue weighted by molar-refractivity contribution is 8.76. The van der Waals surface area contributed by atoms with Crippen molar-refractivity contribution in [3.05, 3.63) is 18.2 Å². The van der Waals surface area contributed by atoms with Gasteiger partial charge in [0.05, 0.1) is 43.8 Å². The lowest BCUT2D eigenvalue weighted by Gasteiger charge is -2.30. The zero-order chi connectivity index (χ0) is 57.1. The lowest BCUT2D eigenvalue weighted by atomic mass is 10.1. The molecule has 1 saturated heterocycles. The van der Waals surface area contributed by atoms with Crippen LogP contribution in [0.5, 0.6) is 0 Å². The van der Waals surface area contributed by atoms with E-state index < -0.39 is 164 Å². The van der Waals surface area contributed by atoms with Crippen molar-refractivity contribution in [1.29, 1.82) is 0 Å². The maximum absolute atomic E-state index is 13.9. The van der Waals surface area contributed by atoms with Gasteiger partial charge in [-0.1, -0.05) is 21.6 Å². The van der Waals surface area contributed by atoms with Crippen LogP contribution in [0.3, 0.4) is 0 Å². The highest BCUT2D eigenvalue weighted by Crippen LogP contribution is 2.22. The molecule has 0 aliphatic carbocycles. The van der Waals surface area contributed by atoms with Crippen LogP contribution < -0.4 is 65.2 Å². The number of nitrogens with two attached hydrogens (primary N) is 3. The molecule has 32 nitrogen and oxygen atoms in total. The Morgan fingerprint density at radius 1 is 0.816 bits per heavy atom. The van der Waals surface area contributed by atoms with Gasteiger partial charge in [0.15, 0.2) is 0 Å². The van der Waals surface area contributed by atoms with E-state index in [1.807, 2.05) is 0 Å². The minimum absolute atomic E-state index is 0.0860. The summed E-state index contributed by atoms with van der Waals surface area (Å²) in [7, 11) is 2.26. The fourth-order valence-corrected chi connectivity index (χ4v) is 9.13. The summed E-state index contributed by atoms with van der Waals surface area (Å²) in [6.07, 6.45) is -2.92. The molecular formula is C42H69N15O17S2. The number of nitrogens with one attached hydrogen (secondary N) is 10. The van der Waals surface area contributed by atoms with Crippen molar-refractivity contribution in [3.8, 4) is 0 Å². The quantitative estimate of drug-likeness (QED) is 0.0127. The summed E-state index contributed by atoms with van der Waals surface area (Å²) in [5.74, 6) is -10.2. The summed E-state index contributed by atoms with van der Waals surface area (Å²) in [6, 6.07) is -11.9. The second-order valence-corrected chi connectivity index (χ2v) is 19.8. The molecule has 1 fully saturated rings. The molecule has 11 atom stereocenters. The maximum atomic E-state index is 13.9. The number of aliphatic hydroxyl groups is 3. The van der Waals surface area contributed by atoms with Gasteiger partial charge in [0.2, 0.25) is 65.5 Å². The number of hydrogen-bond donors (Lipinski definition) is 17. The lowest BCUT2D eigenvalue weighted by molar-refractivity contribution is -0.143. The molecule has 11 unspecified atom stereocenters. The van der Waals surface area contributed by atoms with Crippen molar-refractivity contribution in [2.45, 2.75) is 126 Å². The normalized spacial score (nSPS) is 17.0. The molecule has 76 heavy (non-hydrogen) atoms. The van der Waals surface area contributed by atoms with Crippen LogP contribution in [-0.4, -0.2) is 218 Å². The molecule has 1 aromatic heterocycles. The topological polar surface area (TPSA) is 513 Å². The minimum Gasteiger partial charge on any atom is -0.480 e. The number of aliphatic hydroxyl groups excluding tert-OH is 3. The summed E-state index contributed by atoms with van der Waals surface area (Å²) in [4.78, 5) is 166. The first-order chi connectivity index (χ1) is 35.9. The highest BCUT2D eigenvalue weighted by Gasteiger charge is 2.41. The molecule has 0 spiro atoms.